The summed E-state index contributed by atoms with van der Waals surface area (Å²) >= 11 is 0. The monoisotopic (exact) mass is 264 g/mol. The van der Waals surface area contributed by atoms with Crippen LogP contribution in [0.4, 0.5) is 11.4 Å². The number of ether oxygens (including phenoxy) is 1. The van der Waals surface area contributed by atoms with Crippen molar-refractivity contribution >= 4 is 17.3 Å². The van der Waals surface area contributed by atoms with E-state index in [-0.39, 0.29) is 5.97 Å². The molecule has 0 aliphatic rings. The maximum Gasteiger partial charge on any atom is 0.305 e. The van der Waals surface area contributed by atoms with Crippen molar-refractivity contribution in [3.05, 3.63) is 23.8 Å². The van der Waals surface area contributed by atoms with Crippen LogP contribution >= 0.6 is 0 Å². The minimum absolute atomic E-state index is 0.0984. The Labute approximate surface area is 115 Å². The molecule has 0 heterocycles. The number of nitrogens with two attached hydrogens (primary N) is 2. The molecule has 0 aromatic heterocycles. The van der Waals surface area contributed by atoms with E-state index in [9.17, 15) is 4.79 Å². The summed E-state index contributed by atoms with van der Waals surface area (Å²) in [4.78, 5) is 11.4. The van der Waals surface area contributed by atoms with Crippen molar-refractivity contribution in [1.82, 2.24) is 0 Å². The van der Waals surface area contributed by atoms with Crippen LogP contribution in [0.1, 0.15) is 44.6 Å². The van der Waals surface area contributed by atoms with E-state index in [1.807, 2.05) is 12.1 Å². The van der Waals surface area contributed by atoms with E-state index in [0.717, 1.165) is 37.7 Å². The highest BCUT2D eigenvalue weighted by atomic mass is 16.5. The first-order valence-electron chi connectivity index (χ1n) is 6.93. The van der Waals surface area contributed by atoms with Crippen molar-refractivity contribution in [3.8, 4) is 0 Å². The normalized spacial score (nSPS) is 10.4. The van der Waals surface area contributed by atoms with Crippen molar-refractivity contribution < 1.29 is 9.53 Å². The maximum atomic E-state index is 11.4. The maximum absolute atomic E-state index is 11.4. The van der Waals surface area contributed by atoms with Crippen molar-refractivity contribution in [1.29, 1.82) is 0 Å². The molecule has 1 rings (SSSR count). The lowest BCUT2D eigenvalue weighted by molar-refractivity contribution is -0.143. The third-order valence-corrected chi connectivity index (χ3v) is 3.01. The number of carbonyl (C=O) groups is 1. The van der Waals surface area contributed by atoms with Gasteiger partial charge in [0.1, 0.15) is 0 Å². The van der Waals surface area contributed by atoms with Crippen molar-refractivity contribution in [2.45, 2.75) is 45.4 Å². The van der Waals surface area contributed by atoms with Gasteiger partial charge in [-0.25, -0.2) is 0 Å². The van der Waals surface area contributed by atoms with Gasteiger partial charge in [-0.05, 0) is 37.0 Å². The predicted molar refractivity (Wildman–Crippen MR) is 78.7 cm³/mol. The van der Waals surface area contributed by atoms with E-state index >= 15 is 0 Å². The van der Waals surface area contributed by atoms with Gasteiger partial charge in [0.25, 0.3) is 0 Å². The third kappa shape index (κ3) is 6.13. The van der Waals surface area contributed by atoms with Crippen molar-refractivity contribution in [3.63, 3.8) is 0 Å². The molecule has 0 atom stereocenters. The summed E-state index contributed by atoms with van der Waals surface area (Å²) in [6.45, 7) is 2.57. The molecule has 19 heavy (non-hydrogen) atoms. The molecule has 4 heteroatoms. The average molecular weight is 264 g/mol. The lowest BCUT2D eigenvalue weighted by atomic mass is 10.1. The van der Waals surface area contributed by atoms with Crippen molar-refractivity contribution in [2.75, 3.05) is 18.1 Å². The van der Waals surface area contributed by atoms with Crippen LogP contribution in [0.2, 0.25) is 0 Å². The minimum atomic E-state index is -0.0984. The van der Waals surface area contributed by atoms with E-state index in [0.29, 0.717) is 24.4 Å². The smallest absolute Gasteiger partial charge is 0.305 e. The fraction of sp³-hybridized carbons (Fsp3) is 0.533. The molecule has 0 saturated carbocycles. The number of hydrogen-bond donors (Lipinski definition) is 2. The summed E-state index contributed by atoms with van der Waals surface area (Å²) in [6.07, 6.45) is 5.22. The second-order valence-corrected chi connectivity index (χ2v) is 4.74. The zero-order valence-corrected chi connectivity index (χ0v) is 11.7. The van der Waals surface area contributed by atoms with Gasteiger partial charge in [0.15, 0.2) is 0 Å². The Morgan fingerprint density at radius 3 is 2.68 bits per heavy atom. The Morgan fingerprint density at radius 2 is 2.00 bits per heavy atom. The summed E-state index contributed by atoms with van der Waals surface area (Å²) in [5.41, 5.74) is 13.9. The molecule has 4 nitrogen and oxygen atoms in total. The number of hydrogen-bond acceptors (Lipinski definition) is 4. The number of aryl methyl sites for hydroxylation is 1. The Morgan fingerprint density at radius 1 is 1.21 bits per heavy atom. The van der Waals surface area contributed by atoms with E-state index in [2.05, 4.69) is 6.92 Å². The van der Waals surface area contributed by atoms with Gasteiger partial charge in [-0.1, -0.05) is 25.8 Å². The van der Waals surface area contributed by atoms with E-state index in [1.165, 1.54) is 0 Å². The molecule has 0 spiro atoms. The van der Waals surface area contributed by atoms with Crippen LogP contribution in [0.25, 0.3) is 0 Å². The highest BCUT2D eigenvalue weighted by Crippen LogP contribution is 2.17. The Balaban J connectivity index is 2.18. The van der Waals surface area contributed by atoms with Gasteiger partial charge in [-0.15, -0.1) is 0 Å². The van der Waals surface area contributed by atoms with Crippen LogP contribution in [0.5, 0.6) is 0 Å². The van der Waals surface area contributed by atoms with Gasteiger partial charge in [0, 0.05) is 17.8 Å². The average Bonchev–Trinajstić information content (AvgIpc) is 2.37. The molecular weight excluding hydrogens is 240 g/mol. The first kappa shape index (κ1) is 15.3. The van der Waals surface area contributed by atoms with Crippen molar-refractivity contribution in [2.24, 2.45) is 0 Å². The molecule has 0 saturated heterocycles. The molecule has 4 N–H and O–H groups in total. The van der Waals surface area contributed by atoms with E-state index in [1.54, 1.807) is 6.07 Å². The molecule has 106 valence electrons. The first-order chi connectivity index (χ1) is 9.13. The fourth-order valence-corrected chi connectivity index (χ4v) is 1.88. The van der Waals surface area contributed by atoms with Crippen LogP contribution in [-0.4, -0.2) is 12.6 Å². The molecule has 0 aliphatic heterocycles. The molecule has 0 aliphatic carbocycles. The van der Waals surface area contributed by atoms with E-state index < -0.39 is 0 Å². The molecule has 1 aromatic rings. The summed E-state index contributed by atoms with van der Waals surface area (Å²) in [5.74, 6) is -0.0984. The number of anilines is 2. The number of unbranched alkanes of at least 4 members (excludes halogenated alkanes) is 2. The summed E-state index contributed by atoms with van der Waals surface area (Å²) in [7, 11) is 0. The van der Waals surface area contributed by atoms with Gasteiger partial charge in [-0.2, -0.15) is 0 Å². The van der Waals surface area contributed by atoms with Gasteiger partial charge >= 0.3 is 5.97 Å². The Bertz CT molecular complexity index is 405. The highest BCUT2D eigenvalue weighted by Gasteiger charge is 2.03. The third-order valence-electron chi connectivity index (χ3n) is 3.01. The predicted octanol–water partition coefficient (Wildman–Crippen LogP) is 2.91. The number of esters is 1. The van der Waals surface area contributed by atoms with Crippen LogP contribution in [-0.2, 0) is 16.0 Å². The second kappa shape index (κ2) is 8.40. The highest BCUT2D eigenvalue weighted by molar-refractivity contribution is 5.69. The van der Waals surface area contributed by atoms with Crippen LogP contribution < -0.4 is 11.5 Å². The van der Waals surface area contributed by atoms with Crippen LogP contribution in [0.15, 0.2) is 18.2 Å². The van der Waals surface area contributed by atoms with Gasteiger partial charge in [0.2, 0.25) is 0 Å². The quantitative estimate of drug-likeness (QED) is 0.430. The molecule has 0 fully saturated rings. The lowest BCUT2D eigenvalue weighted by Gasteiger charge is -2.07. The fourth-order valence-electron chi connectivity index (χ4n) is 1.88. The molecule has 0 amide bonds. The van der Waals surface area contributed by atoms with E-state index in [4.69, 9.17) is 16.2 Å². The van der Waals surface area contributed by atoms with Gasteiger partial charge < -0.3 is 16.2 Å². The standard InChI is InChI=1S/C15H24N2O2/c1-2-3-4-7-15(18)19-10-5-6-12-8-9-13(16)11-14(12)17/h8-9,11H,2-7,10,16-17H2,1H3. The Hall–Kier alpha value is -1.71. The van der Waals surface area contributed by atoms with Gasteiger partial charge in [0.05, 0.1) is 6.61 Å². The number of rotatable bonds is 8. The number of nitrogen functional groups attached to an aromatic ring is 2. The molecule has 1 aromatic carbocycles. The Kier molecular flexibility index (Phi) is 6.79. The second-order valence-electron chi connectivity index (χ2n) is 4.74. The number of benzene rings is 1. The molecule has 0 bridgehead atoms. The molecule has 0 unspecified atom stereocenters. The summed E-state index contributed by atoms with van der Waals surface area (Å²) < 4.78 is 5.17. The zero-order valence-electron chi connectivity index (χ0n) is 11.7. The van der Waals surface area contributed by atoms with Gasteiger partial charge in [-0.3, -0.25) is 4.79 Å². The van der Waals surface area contributed by atoms with Crippen LogP contribution in [0.3, 0.4) is 0 Å². The minimum Gasteiger partial charge on any atom is -0.466 e. The first-order valence-corrected chi connectivity index (χ1v) is 6.93. The zero-order chi connectivity index (χ0) is 14.1. The topological polar surface area (TPSA) is 78.3 Å². The number of carbonyl (C=O) groups excluding carboxylic acids is 1. The SMILES string of the molecule is CCCCCC(=O)OCCCc1ccc(N)cc1N. The molecule has 0 radical (unpaired) electrons. The lowest BCUT2D eigenvalue weighted by Crippen LogP contribution is -2.07. The van der Waals surface area contributed by atoms with Crippen LogP contribution in [0, 0.1) is 0 Å². The molecular formula is C15H24N2O2. The summed E-state index contributed by atoms with van der Waals surface area (Å²) in [5, 5.41) is 0. The largest absolute Gasteiger partial charge is 0.466 e. The summed E-state index contributed by atoms with van der Waals surface area (Å²) in [6, 6.07) is 5.52.